The van der Waals surface area contributed by atoms with Crippen molar-refractivity contribution in [1.29, 1.82) is 0 Å². The molecule has 0 aliphatic carbocycles. The average Bonchev–Trinajstić information content (AvgIpc) is 1.78. The molecule has 12 heavy (non-hydrogen) atoms. The normalized spacial score (nSPS) is 13.8. The molecule has 0 aromatic heterocycles. The Bertz CT molecular complexity index is 230. The van der Waals surface area contributed by atoms with E-state index in [0.29, 0.717) is 0 Å². The second kappa shape index (κ2) is 3.69. The van der Waals surface area contributed by atoms with Crippen LogP contribution < -0.4 is 5.14 Å². The molecular formula is C6H16N2O3S. The molecule has 3 N–H and O–H groups in total. The lowest BCUT2D eigenvalue weighted by atomic mass is 10.1. The van der Waals surface area contributed by atoms with Crippen molar-refractivity contribution in [3.63, 3.8) is 0 Å². The topological polar surface area (TPSA) is 83.6 Å². The molecule has 74 valence electrons. The summed E-state index contributed by atoms with van der Waals surface area (Å²) in [5.41, 5.74) is -1.05. The maximum absolute atomic E-state index is 10.8. The van der Waals surface area contributed by atoms with E-state index in [1.807, 2.05) is 0 Å². The van der Waals surface area contributed by atoms with Crippen LogP contribution in [0.25, 0.3) is 0 Å². The molecule has 0 amide bonds. The van der Waals surface area contributed by atoms with Crippen molar-refractivity contribution in [3.8, 4) is 0 Å². The van der Waals surface area contributed by atoms with Crippen LogP contribution in [0.4, 0.5) is 0 Å². The highest BCUT2D eigenvalue weighted by molar-refractivity contribution is 7.86. The summed E-state index contributed by atoms with van der Waals surface area (Å²) in [6.07, 6.45) is 0. The van der Waals surface area contributed by atoms with Crippen molar-refractivity contribution in [3.05, 3.63) is 0 Å². The van der Waals surface area contributed by atoms with Gasteiger partial charge in [0, 0.05) is 13.1 Å². The molecule has 0 unspecified atom stereocenters. The summed E-state index contributed by atoms with van der Waals surface area (Å²) in [7, 11) is -3.67. The van der Waals surface area contributed by atoms with Crippen LogP contribution in [0.2, 0.25) is 0 Å². The number of hydrogen-bond acceptors (Lipinski definition) is 3. The fourth-order valence-corrected chi connectivity index (χ4v) is 1.67. The Kier molecular flexibility index (Phi) is 3.64. The van der Waals surface area contributed by atoms with Crippen LogP contribution in [0, 0.1) is 0 Å². The van der Waals surface area contributed by atoms with Crippen LogP contribution in [0.1, 0.15) is 20.8 Å². The van der Waals surface area contributed by atoms with Gasteiger partial charge >= 0.3 is 0 Å². The Morgan fingerprint density at radius 3 is 2.00 bits per heavy atom. The van der Waals surface area contributed by atoms with Crippen LogP contribution in [-0.2, 0) is 10.2 Å². The molecule has 0 aromatic rings. The maximum atomic E-state index is 10.8. The van der Waals surface area contributed by atoms with Gasteiger partial charge in [-0.3, -0.25) is 0 Å². The van der Waals surface area contributed by atoms with Crippen molar-refractivity contribution >= 4 is 10.2 Å². The summed E-state index contributed by atoms with van der Waals surface area (Å²) >= 11 is 0. The van der Waals surface area contributed by atoms with E-state index in [0.717, 1.165) is 4.31 Å². The summed E-state index contributed by atoms with van der Waals surface area (Å²) in [4.78, 5) is 0. The number of nitrogens with two attached hydrogens (primary N) is 1. The zero-order valence-corrected chi connectivity index (χ0v) is 8.43. The minimum absolute atomic E-state index is 0.0162. The number of nitrogens with zero attached hydrogens (tertiary/aromatic N) is 1. The fourth-order valence-electron chi connectivity index (χ4n) is 0.813. The van der Waals surface area contributed by atoms with E-state index >= 15 is 0 Å². The standard InChI is InChI=1S/C6H16N2O3S/c1-4-8(12(7,10)11)5-6(2,3)9/h9H,4-5H2,1-3H3,(H2,7,10,11). The van der Waals surface area contributed by atoms with Crippen LogP contribution in [0.5, 0.6) is 0 Å². The Balaban J connectivity index is 4.41. The van der Waals surface area contributed by atoms with Gasteiger partial charge in [-0.1, -0.05) is 6.92 Å². The Labute approximate surface area is 73.4 Å². The van der Waals surface area contributed by atoms with E-state index in [4.69, 9.17) is 5.14 Å². The lowest BCUT2D eigenvalue weighted by Gasteiger charge is -2.25. The number of aliphatic hydroxyl groups is 1. The quantitative estimate of drug-likeness (QED) is 0.622. The summed E-state index contributed by atoms with van der Waals surface area (Å²) in [5, 5.41) is 14.2. The first-order valence-corrected chi connectivity index (χ1v) is 5.17. The van der Waals surface area contributed by atoms with Gasteiger partial charge in [0.1, 0.15) is 0 Å². The minimum atomic E-state index is -3.67. The molecule has 5 nitrogen and oxygen atoms in total. The predicted octanol–water partition coefficient (Wildman–Crippen LogP) is -0.717. The largest absolute Gasteiger partial charge is 0.389 e. The predicted molar refractivity (Wildman–Crippen MR) is 46.7 cm³/mol. The van der Waals surface area contributed by atoms with Crippen LogP contribution >= 0.6 is 0 Å². The number of rotatable bonds is 4. The second-order valence-electron chi connectivity index (χ2n) is 3.28. The molecule has 0 bridgehead atoms. The third-order valence-electron chi connectivity index (χ3n) is 1.28. The number of hydrogen-bond donors (Lipinski definition) is 2. The van der Waals surface area contributed by atoms with E-state index in [9.17, 15) is 13.5 Å². The van der Waals surface area contributed by atoms with Gasteiger partial charge < -0.3 is 5.11 Å². The van der Waals surface area contributed by atoms with E-state index in [1.54, 1.807) is 6.92 Å². The highest BCUT2D eigenvalue weighted by Crippen LogP contribution is 2.06. The molecule has 0 heterocycles. The summed E-state index contributed by atoms with van der Waals surface area (Å²) in [5.74, 6) is 0. The average molecular weight is 196 g/mol. The van der Waals surface area contributed by atoms with Gasteiger partial charge in [0.2, 0.25) is 0 Å². The highest BCUT2D eigenvalue weighted by atomic mass is 32.2. The molecule has 0 atom stereocenters. The van der Waals surface area contributed by atoms with E-state index in [1.165, 1.54) is 13.8 Å². The first-order valence-electron chi connectivity index (χ1n) is 3.67. The van der Waals surface area contributed by atoms with Crippen molar-refractivity contribution in [1.82, 2.24) is 4.31 Å². The fraction of sp³-hybridized carbons (Fsp3) is 1.00. The van der Waals surface area contributed by atoms with Gasteiger partial charge in [-0.05, 0) is 13.8 Å². The third kappa shape index (κ3) is 4.66. The molecule has 0 aromatic carbocycles. The van der Waals surface area contributed by atoms with Gasteiger partial charge in [-0.15, -0.1) is 0 Å². The first-order chi connectivity index (χ1) is 5.17. The molecule has 6 heteroatoms. The van der Waals surface area contributed by atoms with E-state index < -0.39 is 15.8 Å². The number of likely N-dealkylation sites (N-methyl/N-ethyl adjacent to an activating group) is 1. The van der Waals surface area contributed by atoms with Crippen molar-refractivity contribution < 1.29 is 13.5 Å². The Morgan fingerprint density at radius 1 is 1.50 bits per heavy atom. The lowest BCUT2D eigenvalue weighted by Crippen LogP contribution is -2.44. The monoisotopic (exact) mass is 196 g/mol. The van der Waals surface area contributed by atoms with Crippen molar-refractivity contribution in [2.24, 2.45) is 5.14 Å². The van der Waals surface area contributed by atoms with Gasteiger partial charge in [0.05, 0.1) is 5.60 Å². The van der Waals surface area contributed by atoms with Gasteiger partial charge in [-0.2, -0.15) is 12.7 Å². The van der Waals surface area contributed by atoms with Crippen LogP contribution in [-0.4, -0.2) is 36.5 Å². The smallest absolute Gasteiger partial charge is 0.276 e. The summed E-state index contributed by atoms with van der Waals surface area (Å²) < 4.78 is 22.7. The molecule has 0 aliphatic rings. The molecule has 0 radical (unpaired) electrons. The third-order valence-corrected chi connectivity index (χ3v) is 2.38. The summed E-state index contributed by atoms with van der Waals surface area (Å²) in [6, 6.07) is 0. The zero-order valence-electron chi connectivity index (χ0n) is 7.61. The molecular weight excluding hydrogens is 180 g/mol. The SMILES string of the molecule is CCN(CC(C)(C)O)S(N)(=O)=O. The highest BCUT2D eigenvalue weighted by Gasteiger charge is 2.23. The molecule has 0 saturated carbocycles. The van der Waals surface area contributed by atoms with Crippen LogP contribution in [0.15, 0.2) is 0 Å². The molecule has 0 aliphatic heterocycles. The first kappa shape index (κ1) is 11.8. The van der Waals surface area contributed by atoms with E-state index in [2.05, 4.69) is 0 Å². The van der Waals surface area contributed by atoms with Crippen LogP contribution in [0.3, 0.4) is 0 Å². The molecule has 0 rings (SSSR count). The van der Waals surface area contributed by atoms with Gasteiger partial charge in [0.25, 0.3) is 10.2 Å². The lowest BCUT2D eigenvalue weighted by molar-refractivity contribution is 0.0601. The van der Waals surface area contributed by atoms with Gasteiger partial charge in [0.15, 0.2) is 0 Å². The Morgan fingerprint density at radius 2 is 1.92 bits per heavy atom. The van der Waals surface area contributed by atoms with E-state index in [-0.39, 0.29) is 13.1 Å². The van der Waals surface area contributed by atoms with Gasteiger partial charge in [-0.25, -0.2) is 5.14 Å². The minimum Gasteiger partial charge on any atom is -0.389 e. The second-order valence-corrected chi connectivity index (χ2v) is 4.83. The zero-order chi connectivity index (χ0) is 9.99. The summed E-state index contributed by atoms with van der Waals surface area (Å²) in [6.45, 7) is 5.00. The molecule has 0 fully saturated rings. The molecule has 0 saturated heterocycles. The maximum Gasteiger partial charge on any atom is 0.276 e. The molecule has 0 spiro atoms. The van der Waals surface area contributed by atoms with Crippen molar-refractivity contribution in [2.75, 3.05) is 13.1 Å². The van der Waals surface area contributed by atoms with Crippen molar-refractivity contribution in [2.45, 2.75) is 26.4 Å². The Hall–Kier alpha value is -0.170.